The smallest absolute Gasteiger partial charge is 0.352 e. The summed E-state index contributed by atoms with van der Waals surface area (Å²) >= 11 is 1.81. The van der Waals surface area contributed by atoms with Crippen LogP contribution in [0.4, 0.5) is 0 Å². The summed E-state index contributed by atoms with van der Waals surface area (Å²) in [6.45, 7) is 0. The van der Waals surface area contributed by atoms with Crippen LogP contribution in [0.15, 0.2) is 17.2 Å². The Labute approximate surface area is 116 Å². The predicted octanol–water partition coefficient (Wildman–Crippen LogP) is 0.897. The number of sulfonamides is 1. The Bertz CT molecular complexity index is 574. The number of carboxylic acids is 1. The molecule has 2 N–H and O–H groups in total. The second-order valence-corrected chi connectivity index (χ2v) is 7.42. The van der Waals surface area contributed by atoms with Crippen LogP contribution >= 0.6 is 11.8 Å². The first-order valence-corrected chi connectivity index (χ1v) is 8.53. The van der Waals surface area contributed by atoms with Crippen LogP contribution in [0.25, 0.3) is 0 Å². The van der Waals surface area contributed by atoms with Gasteiger partial charge in [0.2, 0.25) is 10.0 Å². The minimum Gasteiger partial charge on any atom is -0.477 e. The number of aromatic carboxylic acids is 1. The monoisotopic (exact) mass is 304 g/mol. The maximum Gasteiger partial charge on any atom is 0.352 e. The van der Waals surface area contributed by atoms with Crippen LogP contribution < -0.4 is 4.72 Å². The van der Waals surface area contributed by atoms with Crippen molar-refractivity contribution in [3.63, 3.8) is 0 Å². The van der Waals surface area contributed by atoms with Crippen molar-refractivity contribution in [1.82, 2.24) is 9.29 Å². The molecule has 0 bridgehead atoms. The first-order chi connectivity index (χ1) is 8.90. The number of thioether (sulfide) groups is 1. The van der Waals surface area contributed by atoms with Crippen LogP contribution in [0.3, 0.4) is 0 Å². The number of aryl methyl sites for hydroxylation is 1. The van der Waals surface area contributed by atoms with E-state index in [9.17, 15) is 13.2 Å². The quantitative estimate of drug-likeness (QED) is 0.862. The standard InChI is InChI=1S/C11H16N2O4S2/c1-13-7-9(6-10(13)11(14)15)19(16,17)12-8-2-4-18-5-3-8/h6-8,12H,2-5H2,1H3,(H,14,15). The molecule has 6 nitrogen and oxygen atoms in total. The van der Waals surface area contributed by atoms with Crippen LogP contribution in [0.2, 0.25) is 0 Å². The maximum atomic E-state index is 12.2. The average molecular weight is 304 g/mol. The van der Waals surface area contributed by atoms with E-state index in [0.29, 0.717) is 0 Å². The zero-order valence-electron chi connectivity index (χ0n) is 10.5. The van der Waals surface area contributed by atoms with Gasteiger partial charge in [0.25, 0.3) is 0 Å². The van der Waals surface area contributed by atoms with E-state index < -0.39 is 16.0 Å². The van der Waals surface area contributed by atoms with Crippen LogP contribution in [0.1, 0.15) is 23.3 Å². The van der Waals surface area contributed by atoms with Crippen molar-refractivity contribution in [2.75, 3.05) is 11.5 Å². The number of hydrogen-bond donors (Lipinski definition) is 2. The van der Waals surface area contributed by atoms with Gasteiger partial charge in [0, 0.05) is 19.3 Å². The third-order valence-electron chi connectivity index (χ3n) is 3.05. The lowest BCUT2D eigenvalue weighted by Crippen LogP contribution is -2.37. The molecular weight excluding hydrogens is 288 g/mol. The number of carbonyl (C=O) groups is 1. The summed E-state index contributed by atoms with van der Waals surface area (Å²) in [6, 6.07) is 1.13. The van der Waals surface area contributed by atoms with Crippen molar-refractivity contribution in [2.45, 2.75) is 23.8 Å². The molecule has 1 aliphatic heterocycles. The van der Waals surface area contributed by atoms with Gasteiger partial charge in [-0.15, -0.1) is 0 Å². The fourth-order valence-electron chi connectivity index (χ4n) is 2.00. The molecule has 0 radical (unpaired) electrons. The van der Waals surface area contributed by atoms with Crippen LogP contribution in [-0.2, 0) is 17.1 Å². The van der Waals surface area contributed by atoms with E-state index in [1.807, 2.05) is 11.8 Å². The van der Waals surface area contributed by atoms with Gasteiger partial charge >= 0.3 is 5.97 Å². The number of rotatable bonds is 4. The molecule has 2 heterocycles. The molecule has 2 rings (SSSR count). The van der Waals surface area contributed by atoms with Crippen LogP contribution in [-0.4, -0.2) is 41.6 Å². The number of aromatic nitrogens is 1. The fourth-order valence-corrected chi connectivity index (χ4v) is 4.48. The normalized spacial score (nSPS) is 17.5. The Morgan fingerprint density at radius 1 is 1.47 bits per heavy atom. The van der Waals surface area contributed by atoms with Crippen molar-refractivity contribution in [3.8, 4) is 0 Å². The molecule has 0 aliphatic carbocycles. The largest absolute Gasteiger partial charge is 0.477 e. The summed E-state index contributed by atoms with van der Waals surface area (Å²) in [4.78, 5) is 10.9. The molecule has 19 heavy (non-hydrogen) atoms. The van der Waals surface area contributed by atoms with Crippen LogP contribution in [0, 0.1) is 0 Å². The summed E-state index contributed by atoms with van der Waals surface area (Å²) in [5.74, 6) is 0.753. The SMILES string of the molecule is Cn1cc(S(=O)(=O)NC2CCSCC2)cc1C(=O)O. The highest BCUT2D eigenvalue weighted by atomic mass is 32.2. The third-order valence-corrected chi connectivity index (χ3v) is 5.59. The molecule has 106 valence electrons. The third kappa shape index (κ3) is 3.31. The lowest BCUT2D eigenvalue weighted by atomic mass is 10.2. The fraction of sp³-hybridized carbons (Fsp3) is 0.545. The molecule has 1 saturated heterocycles. The first-order valence-electron chi connectivity index (χ1n) is 5.90. The van der Waals surface area contributed by atoms with Gasteiger partial charge in [0.15, 0.2) is 0 Å². The van der Waals surface area contributed by atoms with Gasteiger partial charge in [-0.2, -0.15) is 11.8 Å². The second-order valence-electron chi connectivity index (χ2n) is 4.49. The Kier molecular flexibility index (Phi) is 4.22. The highest BCUT2D eigenvalue weighted by Crippen LogP contribution is 2.20. The minimum absolute atomic E-state index is 0.00521. The Hall–Kier alpha value is -0.990. The van der Waals surface area contributed by atoms with E-state index in [2.05, 4.69) is 4.72 Å². The van der Waals surface area contributed by atoms with Crippen molar-refractivity contribution in [3.05, 3.63) is 18.0 Å². The van der Waals surface area contributed by atoms with Gasteiger partial charge < -0.3 is 9.67 Å². The molecule has 0 saturated carbocycles. The highest BCUT2D eigenvalue weighted by Gasteiger charge is 2.24. The van der Waals surface area contributed by atoms with Gasteiger partial charge in [-0.25, -0.2) is 17.9 Å². The van der Waals surface area contributed by atoms with E-state index >= 15 is 0 Å². The number of nitrogens with zero attached hydrogens (tertiary/aromatic N) is 1. The number of nitrogens with one attached hydrogen (secondary N) is 1. The van der Waals surface area contributed by atoms with Crippen LogP contribution in [0.5, 0.6) is 0 Å². The van der Waals surface area contributed by atoms with Crippen molar-refractivity contribution < 1.29 is 18.3 Å². The van der Waals surface area contributed by atoms with E-state index in [-0.39, 0.29) is 16.6 Å². The maximum absolute atomic E-state index is 12.2. The first kappa shape index (κ1) is 14.4. The second kappa shape index (κ2) is 5.56. The van der Waals surface area contributed by atoms with E-state index in [1.54, 1.807) is 0 Å². The average Bonchev–Trinajstić information content (AvgIpc) is 2.73. The van der Waals surface area contributed by atoms with Gasteiger partial charge in [0.1, 0.15) is 10.6 Å². The summed E-state index contributed by atoms with van der Waals surface area (Å²) in [5, 5.41) is 8.93. The summed E-state index contributed by atoms with van der Waals surface area (Å²) in [5.41, 5.74) is -0.0421. The van der Waals surface area contributed by atoms with E-state index in [0.717, 1.165) is 24.3 Å². The molecule has 8 heteroatoms. The van der Waals surface area contributed by atoms with Gasteiger partial charge in [0.05, 0.1) is 0 Å². The van der Waals surface area contributed by atoms with Gasteiger partial charge in [-0.3, -0.25) is 0 Å². The molecule has 0 amide bonds. The molecule has 0 spiro atoms. The molecule has 1 aliphatic rings. The predicted molar refractivity (Wildman–Crippen MR) is 73.0 cm³/mol. The summed E-state index contributed by atoms with van der Waals surface area (Å²) in [6.07, 6.45) is 2.94. The summed E-state index contributed by atoms with van der Waals surface area (Å²) < 4.78 is 28.3. The van der Waals surface area contributed by atoms with Crippen molar-refractivity contribution in [2.24, 2.45) is 7.05 Å². The lowest BCUT2D eigenvalue weighted by molar-refractivity contribution is 0.0686. The Balaban J connectivity index is 2.19. The van der Waals surface area contributed by atoms with Gasteiger partial charge in [-0.05, 0) is 30.4 Å². The highest BCUT2D eigenvalue weighted by molar-refractivity contribution is 7.99. The molecule has 0 aromatic carbocycles. The zero-order valence-corrected chi connectivity index (χ0v) is 12.1. The van der Waals surface area contributed by atoms with E-state index in [1.165, 1.54) is 23.9 Å². The molecule has 1 fully saturated rings. The molecule has 1 aromatic heterocycles. The Morgan fingerprint density at radius 2 is 2.11 bits per heavy atom. The summed E-state index contributed by atoms with van der Waals surface area (Å²) in [7, 11) is -2.12. The lowest BCUT2D eigenvalue weighted by Gasteiger charge is -2.21. The topological polar surface area (TPSA) is 88.4 Å². The number of hydrogen-bond acceptors (Lipinski definition) is 4. The molecule has 0 unspecified atom stereocenters. The molecule has 0 atom stereocenters. The zero-order chi connectivity index (χ0) is 14.0. The van der Waals surface area contributed by atoms with Crippen molar-refractivity contribution in [1.29, 1.82) is 0 Å². The molecule has 1 aromatic rings. The number of carboxylic acid groups (broad SMARTS) is 1. The minimum atomic E-state index is -3.64. The van der Waals surface area contributed by atoms with Crippen molar-refractivity contribution >= 4 is 27.8 Å². The molecular formula is C11H16N2O4S2. The Morgan fingerprint density at radius 3 is 2.63 bits per heavy atom. The van der Waals surface area contributed by atoms with Gasteiger partial charge in [-0.1, -0.05) is 0 Å². The van der Waals surface area contributed by atoms with E-state index in [4.69, 9.17) is 5.11 Å².